The molecule has 9 heteroatoms. The minimum atomic E-state index is -3.54. The van der Waals surface area contributed by atoms with E-state index in [1.807, 2.05) is 30.3 Å². The predicted molar refractivity (Wildman–Crippen MR) is 109 cm³/mol. The van der Waals surface area contributed by atoms with Crippen molar-refractivity contribution in [2.45, 2.75) is 31.7 Å². The first-order chi connectivity index (χ1) is 13.1. The molecule has 0 aromatic heterocycles. The fourth-order valence-corrected chi connectivity index (χ4v) is 7.01. The number of benzene rings is 1. The number of amides is 1. The molecule has 7 nitrogen and oxygen atoms in total. The smallest absolute Gasteiger partial charge is 0.236 e. The lowest BCUT2D eigenvalue weighted by atomic mass is 9.94. The van der Waals surface area contributed by atoms with Gasteiger partial charge in [-0.05, 0) is 37.8 Å². The Morgan fingerprint density at radius 1 is 1.21 bits per heavy atom. The molecule has 1 amide bonds. The lowest BCUT2D eigenvalue weighted by Crippen LogP contribution is -2.51. The van der Waals surface area contributed by atoms with Gasteiger partial charge in [0.25, 0.3) is 0 Å². The highest BCUT2D eigenvalue weighted by Crippen LogP contribution is 2.26. The highest BCUT2D eigenvalue weighted by Gasteiger charge is 2.41. The molecule has 0 saturated carbocycles. The van der Waals surface area contributed by atoms with Gasteiger partial charge in [-0.15, -0.1) is 0 Å². The summed E-state index contributed by atoms with van der Waals surface area (Å²) in [5, 5.41) is 4.08. The summed E-state index contributed by atoms with van der Waals surface area (Å²) < 4.78 is 49.8. The third-order valence-electron chi connectivity index (χ3n) is 5.34. The van der Waals surface area contributed by atoms with Crippen LogP contribution in [0.2, 0.25) is 0 Å². The number of nitrogens with one attached hydrogen (secondary N) is 1. The molecular formula is C19H26N2O5S2. The van der Waals surface area contributed by atoms with Gasteiger partial charge in [-0.25, -0.2) is 16.8 Å². The first kappa shape index (κ1) is 21.0. The van der Waals surface area contributed by atoms with E-state index in [9.17, 15) is 21.6 Å². The molecule has 2 heterocycles. The van der Waals surface area contributed by atoms with Crippen molar-refractivity contribution in [1.29, 1.82) is 0 Å². The zero-order valence-electron chi connectivity index (χ0n) is 15.9. The van der Waals surface area contributed by atoms with E-state index in [-0.39, 0.29) is 36.4 Å². The standard InChI is InChI=1S/C19H26N2O5S2/c1-19(10-14-27(23,24)15-19)20-18(22)17-7-11-21(12-8-17)28(25,26)13-9-16-5-3-2-4-6-16/h2-6,9,13,17H,7-8,10-12,14-15H2,1H3,(H,20,22)/b13-9+. The molecule has 1 unspecified atom stereocenters. The fraction of sp³-hybridized carbons (Fsp3) is 0.526. The SMILES string of the molecule is CC1(NC(=O)C2CCN(S(=O)(=O)/C=C/c3ccccc3)CC2)CCS(=O)(=O)C1. The summed E-state index contributed by atoms with van der Waals surface area (Å²) in [6.07, 6.45) is 2.83. The van der Waals surface area contributed by atoms with E-state index >= 15 is 0 Å². The van der Waals surface area contributed by atoms with Crippen molar-refractivity contribution < 1.29 is 21.6 Å². The number of hydrogen-bond acceptors (Lipinski definition) is 5. The average molecular weight is 427 g/mol. The lowest BCUT2D eigenvalue weighted by Gasteiger charge is -2.32. The number of hydrogen-bond donors (Lipinski definition) is 1. The lowest BCUT2D eigenvalue weighted by molar-refractivity contribution is -0.127. The molecule has 154 valence electrons. The van der Waals surface area contributed by atoms with Gasteiger partial charge >= 0.3 is 0 Å². The zero-order chi connectivity index (χ0) is 20.4. The largest absolute Gasteiger partial charge is 0.350 e. The van der Waals surface area contributed by atoms with Crippen LogP contribution in [0.25, 0.3) is 6.08 Å². The highest BCUT2D eigenvalue weighted by atomic mass is 32.2. The van der Waals surface area contributed by atoms with Gasteiger partial charge in [0.2, 0.25) is 15.9 Å². The molecular weight excluding hydrogens is 400 g/mol. The molecule has 2 saturated heterocycles. The van der Waals surface area contributed by atoms with Gasteiger partial charge in [-0.2, -0.15) is 4.31 Å². The molecule has 1 N–H and O–H groups in total. The van der Waals surface area contributed by atoms with E-state index in [1.165, 1.54) is 9.71 Å². The second-order valence-electron chi connectivity index (χ2n) is 7.82. The van der Waals surface area contributed by atoms with E-state index in [0.717, 1.165) is 5.56 Å². The van der Waals surface area contributed by atoms with Crippen molar-refractivity contribution in [1.82, 2.24) is 9.62 Å². The van der Waals surface area contributed by atoms with Crippen LogP contribution in [0.3, 0.4) is 0 Å². The Balaban J connectivity index is 1.55. The number of sulfonamides is 1. The summed E-state index contributed by atoms with van der Waals surface area (Å²) in [7, 11) is -6.64. The van der Waals surface area contributed by atoms with Gasteiger partial charge in [-0.1, -0.05) is 30.3 Å². The van der Waals surface area contributed by atoms with E-state index in [1.54, 1.807) is 13.0 Å². The zero-order valence-corrected chi connectivity index (χ0v) is 17.5. The molecule has 1 atom stereocenters. The molecule has 0 aliphatic carbocycles. The fourth-order valence-electron chi connectivity index (χ4n) is 3.70. The number of carbonyl (C=O) groups excluding carboxylic acids is 1. The maximum Gasteiger partial charge on any atom is 0.236 e. The van der Waals surface area contributed by atoms with Crippen LogP contribution in [-0.4, -0.2) is 57.2 Å². The molecule has 1 aromatic rings. The number of carbonyl (C=O) groups is 1. The quantitative estimate of drug-likeness (QED) is 0.767. The monoisotopic (exact) mass is 426 g/mol. The third kappa shape index (κ3) is 5.21. The van der Waals surface area contributed by atoms with Crippen LogP contribution < -0.4 is 5.32 Å². The van der Waals surface area contributed by atoms with Gasteiger partial charge in [0.1, 0.15) is 0 Å². The summed E-state index contributed by atoms with van der Waals surface area (Å²) in [6, 6.07) is 9.20. The van der Waals surface area contributed by atoms with Crippen LogP contribution in [-0.2, 0) is 24.7 Å². The van der Waals surface area contributed by atoms with Gasteiger partial charge < -0.3 is 5.32 Å². The van der Waals surface area contributed by atoms with Gasteiger partial charge in [0.15, 0.2) is 9.84 Å². The molecule has 2 aliphatic rings. The van der Waals surface area contributed by atoms with Gasteiger partial charge in [0.05, 0.1) is 17.0 Å². The molecule has 0 bridgehead atoms. The molecule has 0 radical (unpaired) electrons. The van der Waals surface area contributed by atoms with Gasteiger partial charge in [0, 0.05) is 24.4 Å². The highest BCUT2D eigenvalue weighted by molar-refractivity contribution is 7.92. The van der Waals surface area contributed by atoms with E-state index < -0.39 is 25.4 Å². The van der Waals surface area contributed by atoms with Crippen LogP contribution in [0.1, 0.15) is 31.7 Å². The molecule has 1 aromatic carbocycles. The summed E-state index contributed by atoms with van der Waals surface area (Å²) in [4.78, 5) is 12.5. The minimum Gasteiger partial charge on any atom is -0.350 e. The Kier molecular flexibility index (Phi) is 5.97. The second kappa shape index (κ2) is 7.96. The van der Waals surface area contributed by atoms with Crippen LogP contribution in [0.4, 0.5) is 0 Å². The Morgan fingerprint density at radius 2 is 1.86 bits per heavy atom. The van der Waals surface area contributed by atoms with Gasteiger partial charge in [-0.3, -0.25) is 4.79 Å². The molecule has 3 rings (SSSR count). The summed E-state index contributed by atoms with van der Waals surface area (Å²) in [5.74, 6) is -0.432. The predicted octanol–water partition coefficient (Wildman–Crippen LogP) is 1.39. The first-order valence-electron chi connectivity index (χ1n) is 9.34. The first-order valence-corrected chi connectivity index (χ1v) is 12.7. The Hall–Kier alpha value is -1.71. The van der Waals surface area contributed by atoms with Crippen molar-refractivity contribution in [2.24, 2.45) is 5.92 Å². The average Bonchev–Trinajstić information content (AvgIpc) is 2.93. The van der Waals surface area contributed by atoms with Crippen molar-refractivity contribution in [2.75, 3.05) is 24.6 Å². The maximum absolute atomic E-state index is 12.5. The Labute approximate surface area is 166 Å². The van der Waals surface area contributed by atoms with Crippen molar-refractivity contribution in [3.63, 3.8) is 0 Å². The summed E-state index contributed by atoms with van der Waals surface area (Å²) in [6.45, 7) is 2.30. The molecule has 2 fully saturated rings. The second-order valence-corrected chi connectivity index (χ2v) is 11.8. The van der Waals surface area contributed by atoms with E-state index in [2.05, 4.69) is 5.32 Å². The van der Waals surface area contributed by atoms with Crippen molar-refractivity contribution >= 4 is 31.8 Å². The Morgan fingerprint density at radius 3 is 2.43 bits per heavy atom. The number of piperidine rings is 1. The molecule has 0 spiro atoms. The van der Waals surface area contributed by atoms with Crippen LogP contribution in [0.5, 0.6) is 0 Å². The maximum atomic E-state index is 12.5. The third-order valence-corrected chi connectivity index (χ3v) is 8.81. The minimum absolute atomic E-state index is 0.0384. The van der Waals surface area contributed by atoms with E-state index in [4.69, 9.17) is 0 Å². The van der Waals surface area contributed by atoms with E-state index in [0.29, 0.717) is 19.3 Å². The molecule has 28 heavy (non-hydrogen) atoms. The number of rotatable bonds is 5. The summed E-state index contributed by atoms with van der Waals surface area (Å²) in [5.41, 5.74) is 0.0810. The van der Waals surface area contributed by atoms with Crippen LogP contribution >= 0.6 is 0 Å². The summed E-state index contributed by atoms with van der Waals surface area (Å²) >= 11 is 0. The normalized spacial score (nSPS) is 26.5. The topological polar surface area (TPSA) is 101 Å². The van der Waals surface area contributed by atoms with Crippen molar-refractivity contribution in [3.8, 4) is 0 Å². The molecule has 2 aliphatic heterocycles. The number of sulfone groups is 1. The van der Waals surface area contributed by atoms with Crippen molar-refractivity contribution in [3.05, 3.63) is 41.3 Å². The number of nitrogens with zero attached hydrogens (tertiary/aromatic N) is 1. The van der Waals surface area contributed by atoms with Crippen LogP contribution in [0, 0.1) is 5.92 Å². The Bertz CT molecular complexity index is 949. The van der Waals surface area contributed by atoms with Crippen LogP contribution in [0.15, 0.2) is 35.7 Å².